The van der Waals surface area contributed by atoms with Gasteiger partial charge in [0, 0.05) is 82.9 Å². The summed E-state index contributed by atoms with van der Waals surface area (Å²) >= 11 is 1.68. The Labute approximate surface area is 333 Å². The molecule has 0 bridgehead atoms. The Hall–Kier alpha value is -3.72. The number of hydrogen-bond acceptors (Lipinski definition) is 6. The van der Waals surface area contributed by atoms with E-state index >= 15 is 0 Å². The average Bonchev–Trinajstić information content (AvgIpc) is 3.75. The van der Waals surface area contributed by atoms with Crippen molar-refractivity contribution in [3.8, 4) is 22.6 Å². The van der Waals surface area contributed by atoms with E-state index in [0.29, 0.717) is 16.9 Å². The number of benzene rings is 2. The fourth-order valence-corrected chi connectivity index (χ4v) is 8.03. The minimum atomic E-state index is -4.33. The van der Waals surface area contributed by atoms with Crippen molar-refractivity contribution in [3.63, 3.8) is 0 Å². The van der Waals surface area contributed by atoms with Crippen LogP contribution in [0.5, 0.6) is 0 Å². The van der Waals surface area contributed by atoms with Crippen LogP contribution in [0, 0.1) is 44.1 Å². The van der Waals surface area contributed by atoms with Gasteiger partial charge < -0.3 is 18.9 Å². The molecular formula is C44H49F3IrNO4S-. The van der Waals surface area contributed by atoms with Crippen LogP contribution in [0.15, 0.2) is 69.3 Å². The van der Waals surface area contributed by atoms with Gasteiger partial charge in [0.2, 0.25) is 0 Å². The molecule has 6 rings (SSSR count). The normalized spacial score (nSPS) is 12.5. The molecule has 0 spiro atoms. The molecule has 5 nitrogen and oxygen atoms in total. The van der Waals surface area contributed by atoms with E-state index in [9.17, 15) is 23.1 Å². The molecule has 0 amide bonds. The second-order valence-corrected chi connectivity index (χ2v) is 15.7. The number of halogens is 3. The van der Waals surface area contributed by atoms with E-state index in [4.69, 9.17) is 13.8 Å². The van der Waals surface area contributed by atoms with E-state index in [-0.39, 0.29) is 55.7 Å². The van der Waals surface area contributed by atoms with E-state index in [1.54, 1.807) is 17.4 Å². The minimum absolute atomic E-state index is 0. The molecule has 0 unspecified atom stereocenters. The van der Waals surface area contributed by atoms with Gasteiger partial charge in [0.1, 0.15) is 11.5 Å². The Balaban J connectivity index is 0.000000347. The molecule has 0 atom stereocenters. The first-order valence-corrected chi connectivity index (χ1v) is 19.2. The number of nitrogens with zero attached hydrogens (tertiary/aromatic N) is 1. The summed E-state index contributed by atoms with van der Waals surface area (Å²) in [5.74, 6) is 1.46. The van der Waals surface area contributed by atoms with Gasteiger partial charge >= 0.3 is 6.18 Å². The predicted octanol–water partition coefficient (Wildman–Crippen LogP) is 13.8. The molecule has 291 valence electrons. The Morgan fingerprint density at radius 3 is 2.19 bits per heavy atom. The van der Waals surface area contributed by atoms with Crippen molar-refractivity contribution in [1.29, 1.82) is 0 Å². The average molecular weight is 937 g/mol. The van der Waals surface area contributed by atoms with Gasteiger partial charge in [-0.15, -0.1) is 46.2 Å². The Morgan fingerprint density at radius 1 is 0.926 bits per heavy atom. The zero-order chi connectivity index (χ0) is 38.8. The fraction of sp³-hybridized carbons (Fsp3) is 0.409. The van der Waals surface area contributed by atoms with E-state index in [2.05, 4.69) is 37.3 Å². The number of pyridine rings is 1. The van der Waals surface area contributed by atoms with E-state index < -0.39 is 11.6 Å². The first kappa shape index (κ1) is 43.0. The monoisotopic (exact) mass is 937 g/mol. The molecule has 0 aliphatic rings. The third kappa shape index (κ3) is 9.04. The van der Waals surface area contributed by atoms with Crippen LogP contribution in [0.2, 0.25) is 0 Å². The van der Waals surface area contributed by atoms with Gasteiger partial charge in [-0.3, -0.25) is 4.79 Å². The van der Waals surface area contributed by atoms with Crippen LogP contribution in [0.25, 0.3) is 53.9 Å². The van der Waals surface area contributed by atoms with E-state index in [1.807, 2.05) is 59.9 Å². The van der Waals surface area contributed by atoms with Crippen LogP contribution in [0.4, 0.5) is 13.2 Å². The van der Waals surface area contributed by atoms with Gasteiger partial charge in [0.25, 0.3) is 0 Å². The molecule has 54 heavy (non-hydrogen) atoms. The smallest absolute Gasteiger partial charge is 0.394 e. The van der Waals surface area contributed by atoms with Crippen LogP contribution in [0.3, 0.4) is 0 Å². The summed E-state index contributed by atoms with van der Waals surface area (Å²) in [6, 6.07) is 17.4. The van der Waals surface area contributed by atoms with Crippen LogP contribution in [0.1, 0.15) is 89.7 Å². The van der Waals surface area contributed by atoms with Crippen LogP contribution >= 0.6 is 11.3 Å². The number of alkyl halides is 3. The fourth-order valence-electron chi connectivity index (χ4n) is 6.79. The van der Waals surface area contributed by atoms with Crippen molar-refractivity contribution in [2.75, 3.05) is 0 Å². The molecule has 6 aromatic rings. The Bertz CT molecular complexity index is 2250. The summed E-state index contributed by atoms with van der Waals surface area (Å²) in [5.41, 5.74) is 4.84. The predicted molar refractivity (Wildman–Crippen MR) is 210 cm³/mol. The van der Waals surface area contributed by atoms with E-state index in [0.717, 1.165) is 73.8 Å². The number of carbonyl (C=O) groups is 1. The topological polar surface area (TPSA) is 76.5 Å². The summed E-state index contributed by atoms with van der Waals surface area (Å²) in [6.45, 7) is 16.4. The zero-order valence-corrected chi connectivity index (χ0v) is 35.6. The molecule has 0 saturated carbocycles. The summed E-state index contributed by atoms with van der Waals surface area (Å²) in [7, 11) is 0. The number of allylic oxidation sites excluding steroid dienone is 2. The number of carbonyl (C=O) groups excluding carboxylic acids is 1. The van der Waals surface area contributed by atoms with E-state index in [1.165, 1.54) is 25.5 Å². The maximum Gasteiger partial charge on any atom is 0.394 e. The number of ketones is 1. The second kappa shape index (κ2) is 17.4. The maximum atomic E-state index is 13.4. The summed E-state index contributed by atoms with van der Waals surface area (Å²) in [5, 5.41) is 12.0. The quantitative estimate of drug-likeness (QED) is 0.0796. The number of aliphatic hydroxyl groups excluding tert-OH is 1. The van der Waals surface area contributed by atoms with Crippen molar-refractivity contribution < 1.29 is 52.0 Å². The maximum absolute atomic E-state index is 13.4. The number of rotatable bonds is 11. The number of aliphatic hydroxyl groups is 1. The molecule has 2 aromatic carbocycles. The summed E-state index contributed by atoms with van der Waals surface area (Å²) in [6.07, 6.45) is 2.17. The molecule has 0 aliphatic carbocycles. The second-order valence-electron chi connectivity index (χ2n) is 14.6. The molecule has 4 heterocycles. The number of aromatic nitrogens is 1. The van der Waals surface area contributed by atoms with Crippen molar-refractivity contribution >= 4 is 48.5 Å². The van der Waals surface area contributed by atoms with Gasteiger partial charge in [0.15, 0.2) is 16.9 Å². The zero-order valence-electron chi connectivity index (χ0n) is 32.4. The number of furan rings is 2. The minimum Gasteiger partial charge on any atom is -0.512 e. The van der Waals surface area contributed by atoms with Gasteiger partial charge in [-0.05, 0) is 55.5 Å². The number of thiophene rings is 1. The molecule has 0 saturated heterocycles. The first-order chi connectivity index (χ1) is 25.0. The number of fused-ring (bicyclic) bond motifs is 4. The molecular weight excluding hydrogens is 888 g/mol. The molecule has 1 radical (unpaired) electrons. The first-order valence-electron chi connectivity index (χ1n) is 18.4. The molecule has 1 N–H and O–H groups in total. The number of aryl methyl sites for hydroxylation is 3. The van der Waals surface area contributed by atoms with Gasteiger partial charge in [-0.1, -0.05) is 67.5 Å². The Kier molecular flexibility index (Phi) is 13.8. The van der Waals surface area contributed by atoms with Crippen LogP contribution < -0.4 is 0 Å². The van der Waals surface area contributed by atoms with Crippen LogP contribution in [-0.2, 0) is 31.3 Å². The molecule has 4 aromatic heterocycles. The van der Waals surface area contributed by atoms with Crippen molar-refractivity contribution in [3.05, 3.63) is 89.0 Å². The van der Waals surface area contributed by atoms with Gasteiger partial charge in [0.05, 0.1) is 11.2 Å². The number of hydrogen-bond donors (Lipinski definition) is 1. The molecule has 0 fully saturated rings. The summed E-state index contributed by atoms with van der Waals surface area (Å²) in [4.78, 5) is 16.4. The molecule has 0 aliphatic heterocycles. The van der Waals surface area contributed by atoms with Crippen molar-refractivity contribution in [2.24, 2.45) is 17.3 Å². The van der Waals surface area contributed by atoms with Crippen LogP contribution in [-0.4, -0.2) is 22.1 Å². The standard InChI is InChI=1S/C31H25F3NO2S.C13H24O2.Ir/c1-16-10-17(2)12-20(11-16)26-29-23(8-9-35-26)22-7-6-19(13-25(22)38-29)27-18(3)28-24(37-27)14-21(36-28)15-30(4,5)31(32,33)34;1-5-10(6-2)12(14)9-13(15)11(7-3)8-4;/h6-11,13-14H,15H2,1-5H3;9-11,14H,5-8H2,1-4H3;/q-1;;/b;12-9-;. The van der Waals surface area contributed by atoms with Gasteiger partial charge in [-0.25, -0.2) is 0 Å². The SMILES string of the molecule is CCC(CC)C(=O)/C=C(\O)C(CC)CC.Cc1[c-]c(-c2nccc3c2sc2cc(-c4oc5cc(CC(C)(C)C(F)(F)F)oc5c4C)ccc23)cc(C)c1.[Ir]. The third-order valence-electron chi connectivity index (χ3n) is 10.2. The summed E-state index contributed by atoms with van der Waals surface area (Å²) < 4.78 is 54.2. The van der Waals surface area contributed by atoms with Gasteiger partial charge in [-0.2, -0.15) is 13.2 Å². The largest absolute Gasteiger partial charge is 0.512 e. The Morgan fingerprint density at radius 2 is 1.59 bits per heavy atom. The van der Waals surface area contributed by atoms with Crippen molar-refractivity contribution in [1.82, 2.24) is 4.98 Å². The third-order valence-corrected chi connectivity index (χ3v) is 11.3. The molecule has 10 heteroatoms. The van der Waals surface area contributed by atoms with Crippen molar-refractivity contribution in [2.45, 2.75) is 101 Å².